The SMILES string of the molecule is CCNCC(=O)NCC1CCOC1CC. The largest absolute Gasteiger partial charge is 0.378 e. The Kier molecular flexibility index (Phi) is 5.65. The van der Waals surface area contributed by atoms with Crippen LogP contribution in [0.2, 0.25) is 0 Å². The van der Waals surface area contributed by atoms with Gasteiger partial charge >= 0.3 is 0 Å². The van der Waals surface area contributed by atoms with Gasteiger partial charge in [-0.2, -0.15) is 0 Å². The van der Waals surface area contributed by atoms with Gasteiger partial charge in [0.15, 0.2) is 0 Å². The van der Waals surface area contributed by atoms with E-state index in [1.165, 1.54) is 0 Å². The molecule has 0 spiro atoms. The molecule has 0 aromatic heterocycles. The van der Waals surface area contributed by atoms with Gasteiger partial charge in [0, 0.05) is 19.1 Å². The van der Waals surface area contributed by atoms with Crippen molar-refractivity contribution in [3.05, 3.63) is 0 Å². The molecule has 2 N–H and O–H groups in total. The highest BCUT2D eigenvalue weighted by Gasteiger charge is 2.26. The first-order chi connectivity index (χ1) is 7.27. The molecule has 88 valence electrons. The molecule has 4 nitrogen and oxygen atoms in total. The standard InChI is InChI=1S/C11H22N2O2/c1-3-10-9(5-6-15-10)7-13-11(14)8-12-4-2/h9-10,12H,3-8H2,1-2H3,(H,13,14). The fourth-order valence-corrected chi connectivity index (χ4v) is 1.92. The van der Waals surface area contributed by atoms with Crippen molar-refractivity contribution in [2.24, 2.45) is 5.92 Å². The molecule has 0 aromatic carbocycles. The normalized spacial score (nSPS) is 25.5. The minimum absolute atomic E-state index is 0.0820. The van der Waals surface area contributed by atoms with Gasteiger partial charge in [-0.05, 0) is 19.4 Å². The minimum Gasteiger partial charge on any atom is -0.378 e. The number of hydrogen-bond acceptors (Lipinski definition) is 3. The van der Waals surface area contributed by atoms with Gasteiger partial charge in [0.2, 0.25) is 5.91 Å². The molecule has 2 atom stereocenters. The Balaban J connectivity index is 2.15. The lowest BCUT2D eigenvalue weighted by molar-refractivity contribution is -0.120. The topological polar surface area (TPSA) is 50.4 Å². The van der Waals surface area contributed by atoms with Crippen LogP contribution in [-0.2, 0) is 9.53 Å². The Morgan fingerprint density at radius 1 is 1.47 bits per heavy atom. The summed E-state index contributed by atoms with van der Waals surface area (Å²) in [6, 6.07) is 0. The van der Waals surface area contributed by atoms with Crippen LogP contribution in [0.3, 0.4) is 0 Å². The lowest BCUT2D eigenvalue weighted by Gasteiger charge is -2.17. The van der Waals surface area contributed by atoms with Crippen molar-refractivity contribution in [3.63, 3.8) is 0 Å². The summed E-state index contributed by atoms with van der Waals surface area (Å²) in [4.78, 5) is 11.3. The summed E-state index contributed by atoms with van der Waals surface area (Å²) < 4.78 is 5.56. The summed E-state index contributed by atoms with van der Waals surface area (Å²) in [5.74, 6) is 0.583. The Morgan fingerprint density at radius 3 is 2.93 bits per heavy atom. The molecule has 4 heteroatoms. The molecule has 0 bridgehead atoms. The van der Waals surface area contributed by atoms with Crippen LogP contribution in [-0.4, -0.2) is 38.3 Å². The fourth-order valence-electron chi connectivity index (χ4n) is 1.92. The van der Waals surface area contributed by atoms with Crippen molar-refractivity contribution in [1.29, 1.82) is 0 Å². The fraction of sp³-hybridized carbons (Fsp3) is 0.909. The van der Waals surface area contributed by atoms with Crippen LogP contribution in [0.25, 0.3) is 0 Å². The Morgan fingerprint density at radius 2 is 2.27 bits per heavy atom. The first-order valence-electron chi connectivity index (χ1n) is 5.87. The summed E-state index contributed by atoms with van der Waals surface area (Å²) in [5.41, 5.74) is 0. The van der Waals surface area contributed by atoms with E-state index in [9.17, 15) is 4.79 Å². The number of carbonyl (C=O) groups excluding carboxylic acids is 1. The van der Waals surface area contributed by atoms with E-state index < -0.39 is 0 Å². The van der Waals surface area contributed by atoms with E-state index >= 15 is 0 Å². The van der Waals surface area contributed by atoms with Gasteiger partial charge in [-0.3, -0.25) is 4.79 Å². The van der Waals surface area contributed by atoms with Gasteiger partial charge < -0.3 is 15.4 Å². The number of rotatable bonds is 6. The molecule has 0 saturated carbocycles. The molecule has 1 aliphatic heterocycles. The van der Waals surface area contributed by atoms with Crippen molar-refractivity contribution >= 4 is 5.91 Å². The van der Waals surface area contributed by atoms with Crippen LogP contribution in [0, 0.1) is 5.92 Å². The monoisotopic (exact) mass is 214 g/mol. The zero-order chi connectivity index (χ0) is 11.1. The van der Waals surface area contributed by atoms with E-state index in [1.807, 2.05) is 6.92 Å². The number of amides is 1. The molecular weight excluding hydrogens is 192 g/mol. The first kappa shape index (κ1) is 12.5. The van der Waals surface area contributed by atoms with Crippen LogP contribution in [0.15, 0.2) is 0 Å². The smallest absolute Gasteiger partial charge is 0.233 e. The molecule has 1 saturated heterocycles. The van der Waals surface area contributed by atoms with E-state index in [2.05, 4.69) is 17.6 Å². The summed E-state index contributed by atoms with van der Waals surface area (Å²) in [6.07, 6.45) is 2.44. The third-order valence-electron chi connectivity index (χ3n) is 2.85. The van der Waals surface area contributed by atoms with Crippen LogP contribution in [0.5, 0.6) is 0 Å². The second kappa shape index (κ2) is 6.80. The average molecular weight is 214 g/mol. The zero-order valence-electron chi connectivity index (χ0n) is 9.71. The second-order valence-electron chi connectivity index (χ2n) is 3.95. The third-order valence-corrected chi connectivity index (χ3v) is 2.85. The van der Waals surface area contributed by atoms with Crippen molar-refractivity contribution < 1.29 is 9.53 Å². The predicted octanol–water partition coefficient (Wildman–Crippen LogP) is 0.527. The van der Waals surface area contributed by atoms with Gasteiger partial charge in [0.1, 0.15) is 0 Å². The molecule has 0 aliphatic carbocycles. The van der Waals surface area contributed by atoms with E-state index in [1.54, 1.807) is 0 Å². The number of carbonyl (C=O) groups is 1. The average Bonchev–Trinajstić information content (AvgIpc) is 2.70. The minimum atomic E-state index is 0.0820. The van der Waals surface area contributed by atoms with Crippen LogP contribution >= 0.6 is 0 Å². The molecule has 0 radical (unpaired) electrons. The highest BCUT2D eigenvalue weighted by molar-refractivity contribution is 5.77. The van der Waals surface area contributed by atoms with Gasteiger partial charge in [-0.15, -0.1) is 0 Å². The van der Waals surface area contributed by atoms with Crippen LogP contribution in [0.1, 0.15) is 26.7 Å². The summed E-state index contributed by atoms with van der Waals surface area (Å²) >= 11 is 0. The molecule has 15 heavy (non-hydrogen) atoms. The Bertz CT molecular complexity index is 197. The lowest BCUT2D eigenvalue weighted by atomic mass is 10.00. The lowest BCUT2D eigenvalue weighted by Crippen LogP contribution is -2.38. The second-order valence-corrected chi connectivity index (χ2v) is 3.95. The number of nitrogens with one attached hydrogen (secondary N) is 2. The molecule has 1 heterocycles. The van der Waals surface area contributed by atoms with E-state index in [-0.39, 0.29) is 5.91 Å². The highest BCUT2D eigenvalue weighted by atomic mass is 16.5. The Labute approximate surface area is 91.8 Å². The Hall–Kier alpha value is -0.610. The van der Waals surface area contributed by atoms with Gasteiger partial charge in [0.25, 0.3) is 0 Å². The number of ether oxygens (including phenoxy) is 1. The number of likely N-dealkylation sites (N-methyl/N-ethyl adjacent to an activating group) is 1. The van der Waals surface area contributed by atoms with E-state index in [0.29, 0.717) is 18.6 Å². The number of hydrogen-bond donors (Lipinski definition) is 2. The van der Waals surface area contributed by atoms with Crippen LogP contribution in [0.4, 0.5) is 0 Å². The molecular formula is C11H22N2O2. The van der Waals surface area contributed by atoms with Gasteiger partial charge in [-0.25, -0.2) is 0 Å². The quantitative estimate of drug-likeness (QED) is 0.678. The first-order valence-corrected chi connectivity index (χ1v) is 5.87. The molecule has 1 rings (SSSR count). The summed E-state index contributed by atoms with van der Waals surface area (Å²) in [5, 5.41) is 5.95. The van der Waals surface area contributed by atoms with Crippen molar-refractivity contribution in [3.8, 4) is 0 Å². The predicted molar refractivity (Wildman–Crippen MR) is 59.7 cm³/mol. The molecule has 2 unspecified atom stereocenters. The van der Waals surface area contributed by atoms with Crippen molar-refractivity contribution in [2.75, 3.05) is 26.2 Å². The summed E-state index contributed by atoms with van der Waals surface area (Å²) in [7, 11) is 0. The van der Waals surface area contributed by atoms with Gasteiger partial charge in [0.05, 0.1) is 12.6 Å². The third kappa shape index (κ3) is 4.18. The molecule has 1 amide bonds. The van der Waals surface area contributed by atoms with Gasteiger partial charge in [-0.1, -0.05) is 13.8 Å². The maximum atomic E-state index is 11.3. The zero-order valence-corrected chi connectivity index (χ0v) is 9.71. The maximum Gasteiger partial charge on any atom is 0.233 e. The van der Waals surface area contributed by atoms with E-state index in [4.69, 9.17) is 4.74 Å². The molecule has 1 fully saturated rings. The maximum absolute atomic E-state index is 11.3. The van der Waals surface area contributed by atoms with Crippen LogP contribution < -0.4 is 10.6 Å². The summed E-state index contributed by atoms with van der Waals surface area (Å²) in [6.45, 7) is 6.96. The molecule has 0 aromatic rings. The molecule has 1 aliphatic rings. The van der Waals surface area contributed by atoms with Crippen molar-refractivity contribution in [1.82, 2.24) is 10.6 Å². The van der Waals surface area contributed by atoms with Crippen molar-refractivity contribution in [2.45, 2.75) is 32.8 Å². The van der Waals surface area contributed by atoms with E-state index in [0.717, 1.165) is 32.5 Å². The highest BCUT2D eigenvalue weighted by Crippen LogP contribution is 2.22.